The Morgan fingerprint density at radius 3 is 2.68 bits per heavy atom. The van der Waals surface area contributed by atoms with Crippen LogP contribution >= 0.6 is 11.6 Å². The first-order chi connectivity index (χ1) is 10.6. The van der Waals surface area contributed by atoms with Crippen LogP contribution in [0, 0.1) is 6.92 Å². The average molecular weight is 317 g/mol. The smallest absolute Gasteiger partial charge is 0.142 e. The van der Waals surface area contributed by atoms with Crippen molar-refractivity contribution in [3.63, 3.8) is 0 Å². The largest absolute Gasteiger partial charge is 0.361 e. The monoisotopic (exact) mass is 316 g/mol. The number of likely N-dealkylation sites (N-methyl/N-ethyl adjacent to an activating group) is 1. The van der Waals surface area contributed by atoms with Crippen LogP contribution in [-0.2, 0) is 0 Å². The lowest BCUT2D eigenvalue weighted by atomic mass is 9.75. The number of aryl methyl sites for hydroxylation is 1. The summed E-state index contributed by atoms with van der Waals surface area (Å²) in [5, 5.41) is 4.92. The molecule has 4 heteroatoms. The molecule has 116 valence electrons. The second-order valence-electron chi connectivity index (χ2n) is 6.75. The molecule has 2 aliphatic heterocycles. The molecule has 2 aliphatic rings. The van der Waals surface area contributed by atoms with E-state index in [9.17, 15) is 0 Å². The molecule has 0 aliphatic carbocycles. The van der Waals surface area contributed by atoms with E-state index in [4.69, 9.17) is 16.1 Å². The van der Waals surface area contributed by atoms with Gasteiger partial charge in [0.25, 0.3) is 0 Å². The number of hydrogen-bond acceptors (Lipinski definition) is 3. The standard InChI is InChI=1S/C18H21ClN2O/c1-11-9-17(22-20-11)18-15(12-3-5-13(19)6-4-12)10-14-7-8-16(18)21(14)2/h3-6,9,14-16,18H,7-8,10H2,1-2H3/t14-,15?,16?,18+/m1/s1. The van der Waals surface area contributed by atoms with Gasteiger partial charge in [-0.1, -0.05) is 28.9 Å². The molecule has 2 saturated heterocycles. The minimum atomic E-state index is 0.381. The first-order valence-corrected chi connectivity index (χ1v) is 8.42. The van der Waals surface area contributed by atoms with E-state index < -0.39 is 0 Å². The number of halogens is 1. The number of benzene rings is 1. The summed E-state index contributed by atoms with van der Waals surface area (Å²) in [4.78, 5) is 2.55. The molecule has 0 N–H and O–H groups in total. The van der Waals surface area contributed by atoms with Crippen molar-refractivity contribution in [3.05, 3.63) is 52.4 Å². The van der Waals surface area contributed by atoms with Crippen LogP contribution in [0.4, 0.5) is 0 Å². The lowest BCUT2D eigenvalue weighted by Gasteiger charge is -2.42. The number of hydrogen-bond donors (Lipinski definition) is 0. The van der Waals surface area contributed by atoms with Crippen molar-refractivity contribution in [3.8, 4) is 0 Å². The molecule has 0 saturated carbocycles. The molecular weight excluding hydrogens is 296 g/mol. The topological polar surface area (TPSA) is 29.3 Å². The number of nitrogens with zero attached hydrogens (tertiary/aromatic N) is 2. The molecule has 2 fully saturated rings. The molecule has 1 aromatic heterocycles. The Balaban J connectivity index is 1.76. The van der Waals surface area contributed by atoms with E-state index in [1.165, 1.54) is 24.8 Å². The summed E-state index contributed by atoms with van der Waals surface area (Å²) in [6.45, 7) is 1.99. The summed E-state index contributed by atoms with van der Waals surface area (Å²) in [6, 6.07) is 11.7. The summed E-state index contributed by atoms with van der Waals surface area (Å²) >= 11 is 6.06. The van der Waals surface area contributed by atoms with Gasteiger partial charge in [0.1, 0.15) is 5.76 Å². The molecule has 0 spiro atoms. The van der Waals surface area contributed by atoms with Crippen molar-refractivity contribution in [2.45, 2.75) is 50.1 Å². The molecular formula is C18H21ClN2O. The Morgan fingerprint density at radius 1 is 1.23 bits per heavy atom. The maximum atomic E-state index is 6.06. The number of rotatable bonds is 2. The summed E-state index contributed by atoms with van der Waals surface area (Å²) in [7, 11) is 2.26. The van der Waals surface area contributed by atoms with Crippen LogP contribution in [0.25, 0.3) is 0 Å². The molecule has 0 radical (unpaired) electrons. The van der Waals surface area contributed by atoms with Crippen LogP contribution < -0.4 is 0 Å². The van der Waals surface area contributed by atoms with Crippen molar-refractivity contribution in [1.29, 1.82) is 0 Å². The summed E-state index contributed by atoms with van der Waals surface area (Å²) in [6.07, 6.45) is 3.71. The fourth-order valence-corrected chi connectivity index (χ4v) is 4.57. The first kappa shape index (κ1) is 14.3. The number of fused-ring (bicyclic) bond motifs is 2. The van der Waals surface area contributed by atoms with Crippen LogP contribution in [0.15, 0.2) is 34.9 Å². The van der Waals surface area contributed by atoms with Gasteiger partial charge in [-0.2, -0.15) is 0 Å². The highest BCUT2D eigenvalue weighted by atomic mass is 35.5. The van der Waals surface area contributed by atoms with Crippen molar-refractivity contribution >= 4 is 11.6 Å². The predicted octanol–water partition coefficient (Wildman–Crippen LogP) is 4.37. The molecule has 22 heavy (non-hydrogen) atoms. The van der Waals surface area contributed by atoms with Gasteiger partial charge in [0.15, 0.2) is 0 Å². The Bertz CT molecular complexity index is 666. The van der Waals surface area contributed by atoms with Crippen LogP contribution in [0.1, 0.15) is 48.1 Å². The van der Waals surface area contributed by atoms with E-state index in [1.807, 2.05) is 19.1 Å². The Kier molecular flexibility index (Phi) is 3.50. The SMILES string of the molecule is Cc1cc([C@H]2C(c3ccc(Cl)cc3)C[C@H]3CCC2N3C)on1. The third-order valence-corrected chi connectivity index (χ3v) is 5.79. The van der Waals surface area contributed by atoms with Gasteiger partial charge in [-0.3, -0.25) is 4.90 Å². The van der Waals surface area contributed by atoms with Crippen LogP contribution in [-0.4, -0.2) is 29.2 Å². The van der Waals surface area contributed by atoms with Crippen molar-refractivity contribution in [2.24, 2.45) is 0 Å². The molecule has 4 atom stereocenters. The zero-order valence-electron chi connectivity index (χ0n) is 13.0. The number of piperidine rings is 1. The molecule has 2 aromatic rings. The number of aromatic nitrogens is 1. The zero-order valence-corrected chi connectivity index (χ0v) is 13.8. The maximum absolute atomic E-state index is 6.06. The van der Waals surface area contributed by atoms with Crippen LogP contribution in [0.2, 0.25) is 5.02 Å². The van der Waals surface area contributed by atoms with E-state index in [2.05, 4.69) is 35.3 Å². The van der Waals surface area contributed by atoms with E-state index in [-0.39, 0.29) is 0 Å². The lowest BCUT2D eigenvalue weighted by Crippen LogP contribution is -2.44. The quantitative estimate of drug-likeness (QED) is 0.824. The molecule has 0 amide bonds. The Morgan fingerprint density at radius 2 is 2.00 bits per heavy atom. The minimum absolute atomic E-state index is 0.381. The first-order valence-electron chi connectivity index (χ1n) is 8.04. The second-order valence-corrected chi connectivity index (χ2v) is 7.19. The maximum Gasteiger partial charge on any atom is 0.142 e. The molecule has 2 bridgehead atoms. The molecule has 3 nitrogen and oxygen atoms in total. The van der Waals surface area contributed by atoms with Gasteiger partial charge in [-0.05, 0) is 56.8 Å². The fourth-order valence-electron chi connectivity index (χ4n) is 4.45. The van der Waals surface area contributed by atoms with Crippen molar-refractivity contribution < 1.29 is 4.52 Å². The van der Waals surface area contributed by atoms with Crippen LogP contribution in [0.3, 0.4) is 0 Å². The average Bonchev–Trinajstić information content (AvgIpc) is 3.02. The van der Waals surface area contributed by atoms with Gasteiger partial charge < -0.3 is 4.52 Å². The Labute approximate surface area is 136 Å². The van der Waals surface area contributed by atoms with Crippen LogP contribution in [0.5, 0.6) is 0 Å². The molecule has 4 rings (SSSR count). The Hall–Kier alpha value is -1.32. The van der Waals surface area contributed by atoms with Gasteiger partial charge in [-0.25, -0.2) is 0 Å². The molecule has 2 unspecified atom stereocenters. The highest BCUT2D eigenvalue weighted by Crippen LogP contribution is 2.50. The van der Waals surface area contributed by atoms with Crippen molar-refractivity contribution in [2.75, 3.05) is 7.05 Å². The van der Waals surface area contributed by atoms with Gasteiger partial charge in [0.05, 0.1) is 5.69 Å². The third kappa shape index (κ3) is 2.27. The summed E-state index contributed by atoms with van der Waals surface area (Å²) in [5.41, 5.74) is 2.33. The third-order valence-electron chi connectivity index (χ3n) is 5.54. The van der Waals surface area contributed by atoms with Gasteiger partial charge in [0, 0.05) is 29.1 Å². The minimum Gasteiger partial charge on any atom is -0.361 e. The van der Waals surface area contributed by atoms with Crippen molar-refractivity contribution in [1.82, 2.24) is 10.1 Å². The summed E-state index contributed by atoms with van der Waals surface area (Å²) < 4.78 is 5.68. The van der Waals surface area contributed by atoms with Gasteiger partial charge >= 0.3 is 0 Å². The normalized spacial score (nSPS) is 31.6. The molecule has 3 heterocycles. The van der Waals surface area contributed by atoms with E-state index in [0.717, 1.165) is 16.5 Å². The highest BCUT2D eigenvalue weighted by Gasteiger charge is 2.47. The van der Waals surface area contributed by atoms with Gasteiger partial charge in [-0.15, -0.1) is 0 Å². The van der Waals surface area contributed by atoms with E-state index in [1.54, 1.807) is 0 Å². The fraction of sp³-hybridized carbons (Fsp3) is 0.500. The summed E-state index contributed by atoms with van der Waals surface area (Å²) in [5.74, 6) is 1.90. The van der Waals surface area contributed by atoms with E-state index >= 15 is 0 Å². The van der Waals surface area contributed by atoms with E-state index in [0.29, 0.717) is 23.9 Å². The molecule has 1 aromatic carbocycles. The highest BCUT2D eigenvalue weighted by molar-refractivity contribution is 6.30. The van der Waals surface area contributed by atoms with Gasteiger partial charge in [0.2, 0.25) is 0 Å². The lowest BCUT2D eigenvalue weighted by molar-refractivity contribution is 0.122. The second kappa shape index (κ2) is 5.39. The zero-order chi connectivity index (χ0) is 15.3. The predicted molar refractivity (Wildman–Crippen MR) is 87.4 cm³/mol.